The molecule has 2 aromatic heterocycles. The number of imide groups is 1. The minimum Gasteiger partial charge on any atom is -0.488 e. The lowest BCUT2D eigenvalue weighted by Gasteiger charge is -2.40. The number of nitrogens with zero attached hydrogens (tertiary/aromatic N) is 7. The van der Waals surface area contributed by atoms with Crippen LogP contribution in [0.4, 0.5) is 11.5 Å². The van der Waals surface area contributed by atoms with E-state index in [1.165, 1.54) is 12.8 Å². The average molecular weight is 822 g/mol. The Morgan fingerprint density at radius 1 is 0.864 bits per heavy atom. The summed E-state index contributed by atoms with van der Waals surface area (Å²) >= 11 is 6.96. The lowest BCUT2D eigenvalue weighted by atomic mass is 9.86. The van der Waals surface area contributed by atoms with Crippen molar-refractivity contribution in [1.29, 1.82) is 0 Å². The molecule has 4 aliphatic heterocycles. The topological polar surface area (TPSA) is 149 Å². The maximum absolute atomic E-state index is 13.2. The second kappa shape index (κ2) is 15.7. The Bertz CT molecular complexity index is 2260. The van der Waals surface area contributed by atoms with Crippen LogP contribution >= 0.6 is 11.6 Å². The number of rotatable bonds is 10. The van der Waals surface area contributed by atoms with Crippen LogP contribution in [0, 0.1) is 5.92 Å². The third-order valence-electron chi connectivity index (χ3n) is 13.6. The standard InChI is InChI=1S/C44H52ClN9O5/c1-44(14-15-44)59-30-6-8-34-32(22-30)41(50-49-34)35-23-38(47-26-46-35)53-20-18-51(19-21-53)24-27-2-4-28(5-3-27)58-29-12-16-52(17-13-29)36-9-7-31-33(40(36)45)25-54(43(31)57)37-10-11-39(55)48-42(37)56/h6-9,22-23,26-29,37H,2-5,10-21,24-25H2,1H3,(H,49,50)(H,48,55,56). The number of H-pyrrole nitrogens is 1. The van der Waals surface area contributed by atoms with Gasteiger partial charge in [0.25, 0.3) is 5.91 Å². The van der Waals surface area contributed by atoms with Gasteiger partial charge in [-0.05, 0) is 101 Å². The Kier molecular flexibility index (Phi) is 10.2. The molecular weight excluding hydrogens is 770 g/mol. The van der Waals surface area contributed by atoms with E-state index >= 15 is 0 Å². The number of carbonyl (C=O) groups is 3. The average Bonchev–Trinajstić information content (AvgIpc) is 3.66. The molecule has 15 heteroatoms. The Morgan fingerprint density at radius 3 is 2.41 bits per heavy atom. The zero-order valence-corrected chi connectivity index (χ0v) is 34.4. The summed E-state index contributed by atoms with van der Waals surface area (Å²) in [5.74, 6) is 1.59. The Hall–Kier alpha value is -4.79. The monoisotopic (exact) mass is 821 g/mol. The molecule has 2 saturated carbocycles. The van der Waals surface area contributed by atoms with Crippen LogP contribution < -0.4 is 19.9 Å². The Balaban J connectivity index is 0.667. The number of piperazine rings is 1. The molecule has 3 saturated heterocycles. The molecule has 1 atom stereocenters. The molecule has 10 rings (SSSR count). The van der Waals surface area contributed by atoms with Crippen LogP contribution in [0.1, 0.15) is 87.1 Å². The van der Waals surface area contributed by atoms with Gasteiger partial charge in [0.1, 0.15) is 35.2 Å². The van der Waals surface area contributed by atoms with E-state index in [4.69, 9.17) is 21.1 Å². The summed E-state index contributed by atoms with van der Waals surface area (Å²) in [7, 11) is 0. The third kappa shape index (κ3) is 7.86. The lowest BCUT2D eigenvalue weighted by Crippen LogP contribution is -2.52. The van der Waals surface area contributed by atoms with Gasteiger partial charge in [-0.2, -0.15) is 5.10 Å². The molecule has 59 heavy (non-hydrogen) atoms. The number of fused-ring (bicyclic) bond motifs is 2. The van der Waals surface area contributed by atoms with Crippen LogP contribution in [-0.2, 0) is 20.9 Å². The number of aromatic amines is 1. The molecule has 6 heterocycles. The number of benzene rings is 2. The fourth-order valence-electron chi connectivity index (χ4n) is 9.78. The predicted octanol–water partition coefficient (Wildman–Crippen LogP) is 5.73. The van der Waals surface area contributed by atoms with Crippen LogP contribution in [0.3, 0.4) is 0 Å². The van der Waals surface area contributed by atoms with Gasteiger partial charge in [-0.25, -0.2) is 9.97 Å². The first-order valence-electron chi connectivity index (χ1n) is 21.5. The molecule has 2 N–H and O–H groups in total. The van der Waals surface area contributed by atoms with Gasteiger partial charge in [0.05, 0.1) is 34.1 Å². The van der Waals surface area contributed by atoms with Gasteiger partial charge in [0.15, 0.2) is 0 Å². The van der Waals surface area contributed by atoms with E-state index < -0.39 is 11.9 Å². The highest BCUT2D eigenvalue weighted by Gasteiger charge is 2.41. The van der Waals surface area contributed by atoms with Crippen molar-refractivity contribution >= 4 is 51.7 Å². The molecule has 1 unspecified atom stereocenters. The summed E-state index contributed by atoms with van der Waals surface area (Å²) < 4.78 is 12.9. The summed E-state index contributed by atoms with van der Waals surface area (Å²) in [6, 6.07) is 11.3. The Labute approximate surface area is 348 Å². The molecule has 0 spiro atoms. The number of anilines is 2. The van der Waals surface area contributed by atoms with Crippen molar-refractivity contribution < 1.29 is 23.9 Å². The van der Waals surface area contributed by atoms with Gasteiger partial charge in [0, 0.05) is 81.4 Å². The molecule has 5 fully saturated rings. The van der Waals surface area contributed by atoms with Crippen molar-refractivity contribution in [1.82, 2.24) is 35.3 Å². The summed E-state index contributed by atoms with van der Waals surface area (Å²) in [4.78, 5) is 55.5. The molecule has 2 aromatic carbocycles. The highest BCUT2D eigenvalue weighted by molar-refractivity contribution is 6.35. The summed E-state index contributed by atoms with van der Waals surface area (Å²) in [6.45, 7) is 9.13. The molecular formula is C44H52ClN9O5. The van der Waals surface area contributed by atoms with Gasteiger partial charge in [-0.15, -0.1) is 0 Å². The van der Waals surface area contributed by atoms with Crippen molar-refractivity contribution in [3.63, 3.8) is 0 Å². The number of hydrogen-bond donors (Lipinski definition) is 2. The molecule has 0 radical (unpaired) electrons. The van der Waals surface area contributed by atoms with Gasteiger partial charge in [0.2, 0.25) is 11.8 Å². The zero-order chi connectivity index (χ0) is 40.3. The minimum atomic E-state index is -0.654. The maximum atomic E-state index is 13.2. The lowest BCUT2D eigenvalue weighted by molar-refractivity contribution is -0.136. The van der Waals surface area contributed by atoms with Crippen LogP contribution in [0.15, 0.2) is 42.7 Å². The second-order valence-corrected chi connectivity index (χ2v) is 18.0. The number of amides is 3. The van der Waals surface area contributed by atoms with E-state index in [-0.39, 0.29) is 36.5 Å². The zero-order valence-electron chi connectivity index (χ0n) is 33.6. The van der Waals surface area contributed by atoms with E-state index in [0.29, 0.717) is 29.0 Å². The third-order valence-corrected chi connectivity index (χ3v) is 14.0. The highest BCUT2D eigenvalue weighted by Crippen LogP contribution is 2.42. The van der Waals surface area contributed by atoms with E-state index in [2.05, 4.69) is 59.2 Å². The summed E-state index contributed by atoms with van der Waals surface area (Å²) in [5.41, 5.74) is 4.78. The highest BCUT2D eigenvalue weighted by atomic mass is 35.5. The Morgan fingerprint density at radius 2 is 1.64 bits per heavy atom. The number of ether oxygens (including phenoxy) is 2. The van der Waals surface area contributed by atoms with Crippen molar-refractivity contribution in [2.24, 2.45) is 5.92 Å². The number of nitrogens with one attached hydrogen (secondary N) is 2. The predicted molar refractivity (Wildman–Crippen MR) is 224 cm³/mol. The SMILES string of the molecule is CC1(Oc2ccc3[nH]nc(-c4cc(N5CCN(CC6CCC(OC7CCN(c8ccc9c(c8Cl)CN(C8CCC(=O)NC8=O)C9=O)CC7)CC6)CC5)ncn4)c3c2)CC1. The molecule has 14 nitrogen and oxygen atoms in total. The van der Waals surface area contributed by atoms with E-state index in [1.54, 1.807) is 11.2 Å². The van der Waals surface area contributed by atoms with Crippen molar-refractivity contribution in [2.75, 3.05) is 55.6 Å². The van der Waals surface area contributed by atoms with Crippen LogP contribution in [-0.4, -0.2) is 117 Å². The van der Waals surface area contributed by atoms with Crippen LogP contribution in [0.2, 0.25) is 5.02 Å². The maximum Gasteiger partial charge on any atom is 0.255 e. The van der Waals surface area contributed by atoms with Crippen molar-refractivity contribution in [3.8, 4) is 17.1 Å². The number of piperidine rings is 2. The first-order chi connectivity index (χ1) is 28.7. The number of hydrogen-bond acceptors (Lipinski definition) is 11. The molecule has 3 amide bonds. The van der Waals surface area contributed by atoms with Gasteiger partial charge in [-0.1, -0.05) is 11.6 Å². The number of halogens is 1. The molecule has 6 aliphatic rings. The molecule has 2 aliphatic carbocycles. The molecule has 0 bridgehead atoms. The molecule has 310 valence electrons. The smallest absolute Gasteiger partial charge is 0.255 e. The fourth-order valence-corrected chi connectivity index (χ4v) is 10.1. The first kappa shape index (κ1) is 38.4. The fraction of sp³-hybridized carbons (Fsp3) is 0.545. The van der Waals surface area contributed by atoms with Crippen LogP contribution in [0.5, 0.6) is 5.75 Å². The number of carbonyl (C=O) groups excluding carboxylic acids is 3. The van der Waals surface area contributed by atoms with E-state index in [0.717, 1.165) is 129 Å². The van der Waals surface area contributed by atoms with Gasteiger partial charge < -0.3 is 24.2 Å². The summed E-state index contributed by atoms with van der Waals surface area (Å²) in [6.07, 6.45) is 11.4. The second-order valence-electron chi connectivity index (χ2n) is 17.7. The van der Waals surface area contributed by atoms with Crippen molar-refractivity contribution in [2.45, 2.75) is 102 Å². The molecule has 4 aromatic rings. The van der Waals surface area contributed by atoms with E-state index in [9.17, 15) is 14.4 Å². The van der Waals surface area contributed by atoms with Crippen LogP contribution in [0.25, 0.3) is 22.3 Å². The van der Waals surface area contributed by atoms with Gasteiger partial charge >= 0.3 is 0 Å². The van der Waals surface area contributed by atoms with Crippen molar-refractivity contribution in [3.05, 3.63) is 58.9 Å². The van der Waals surface area contributed by atoms with Gasteiger partial charge in [-0.3, -0.25) is 29.7 Å². The minimum absolute atomic E-state index is 0.0426. The normalized spacial score (nSPS) is 25.1. The number of aromatic nitrogens is 4. The first-order valence-corrected chi connectivity index (χ1v) is 21.9. The summed E-state index contributed by atoms with van der Waals surface area (Å²) in [5, 5.41) is 11.7. The van der Waals surface area contributed by atoms with E-state index in [1.807, 2.05) is 24.3 Å². The largest absolute Gasteiger partial charge is 0.488 e. The quantitative estimate of drug-likeness (QED) is 0.189.